The van der Waals surface area contributed by atoms with Crippen LogP contribution in [0.2, 0.25) is 0 Å². The Morgan fingerprint density at radius 3 is 1.73 bits per heavy atom. The monoisotopic (exact) mass is 655 g/mol. The molecule has 0 bridgehead atoms. The molecule has 0 amide bonds. The minimum absolute atomic E-state index is 0.581. The molecule has 5 heterocycles. The first-order valence-electron chi connectivity index (χ1n) is 16.7. The predicted octanol–water partition coefficient (Wildman–Crippen LogP) is 10.1. The Bertz CT molecular complexity index is 2620. The number of nitrogens with zero attached hydrogens (tertiary/aromatic N) is 7. The van der Waals surface area contributed by atoms with Crippen LogP contribution in [0.25, 0.3) is 89.5 Å². The number of hydrogen-bond acceptors (Lipinski definition) is 7. The van der Waals surface area contributed by atoms with E-state index in [2.05, 4.69) is 82.8 Å². The third-order valence-electron chi connectivity index (χ3n) is 8.97. The first kappa shape index (κ1) is 30.1. The summed E-state index contributed by atoms with van der Waals surface area (Å²) >= 11 is 0. The smallest absolute Gasteiger partial charge is 0.165 e. The minimum atomic E-state index is 0.581. The lowest BCUT2D eigenvalue weighted by molar-refractivity contribution is 1.07. The van der Waals surface area contributed by atoms with Crippen molar-refractivity contribution in [2.75, 3.05) is 0 Å². The molecule has 0 aliphatic rings. The maximum atomic E-state index is 5.15. The molecule has 0 unspecified atom stereocenters. The highest BCUT2D eigenvalue weighted by Gasteiger charge is 2.15. The van der Waals surface area contributed by atoms with Crippen LogP contribution in [0.15, 0.2) is 158 Å². The second-order valence-electron chi connectivity index (χ2n) is 12.4. The molecule has 0 saturated heterocycles. The van der Waals surface area contributed by atoms with E-state index in [4.69, 9.17) is 24.9 Å². The van der Waals surface area contributed by atoms with Crippen LogP contribution in [0.1, 0.15) is 5.69 Å². The second kappa shape index (κ2) is 12.8. The van der Waals surface area contributed by atoms with Gasteiger partial charge in [-0.1, -0.05) is 91.0 Å². The highest BCUT2D eigenvalue weighted by atomic mass is 15.0. The van der Waals surface area contributed by atoms with Crippen LogP contribution >= 0.6 is 0 Å². The van der Waals surface area contributed by atoms with Crippen molar-refractivity contribution in [1.29, 1.82) is 0 Å². The number of rotatable bonds is 6. The second-order valence-corrected chi connectivity index (χ2v) is 12.4. The lowest BCUT2D eigenvalue weighted by atomic mass is 9.94. The standard InChI is InChI=1S/C44H29N7/c1-28-14-15-30-20-21-37-38(25-39(35-12-6-22-45-26-35)48-41(37)40(30)47-28)34-11-5-10-33(24-34)29-16-18-32(19-17-29)43-49-42(31-8-3-2-4-9-31)50-44(51-43)36-13-7-23-46-27-36/h2-27H,1H3. The summed E-state index contributed by atoms with van der Waals surface area (Å²) in [6, 6.07) is 45.4. The van der Waals surface area contributed by atoms with Crippen LogP contribution in [0.4, 0.5) is 0 Å². The largest absolute Gasteiger partial charge is 0.264 e. The molecule has 9 rings (SSSR count). The SMILES string of the molecule is Cc1ccc2ccc3c(-c4cccc(-c5ccc(-c6nc(-c7ccccc7)nc(-c7cccnc7)n6)cc5)c4)cc(-c4cccnc4)nc3c2n1. The molecule has 0 aliphatic heterocycles. The maximum Gasteiger partial charge on any atom is 0.165 e. The topological polar surface area (TPSA) is 90.2 Å². The van der Waals surface area contributed by atoms with E-state index >= 15 is 0 Å². The van der Waals surface area contributed by atoms with E-state index in [1.165, 1.54) is 0 Å². The van der Waals surface area contributed by atoms with Crippen molar-refractivity contribution in [2.24, 2.45) is 0 Å². The van der Waals surface area contributed by atoms with E-state index in [1.54, 1.807) is 18.6 Å². The number of benzene rings is 4. The van der Waals surface area contributed by atoms with Crippen molar-refractivity contribution in [3.05, 3.63) is 164 Å². The van der Waals surface area contributed by atoms with Crippen molar-refractivity contribution >= 4 is 21.8 Å². The van der Waals surface area contributed by atoms with Crippen LogP contribution < -0.4 is 0 Å². The fourth-order valence-corrected chi connectivity index (χ4v) is 6.39. The third kappa shape index (κ3) is 5.87. The molecule has 7 nitrogen and oxygen atoms in total. The molecule has 4 aromatic carbocycles. The normalized spacial score (nSPS) is 11.2. The van der Waals surface area contributed by atoms with Gasteiger partial charge in [0, 0.05) is 63.5 Å². The molecule has 0 aliphatic carbocycles. The van der Waals surface area contributed by atoms with Crippen LogP contribution in [0.3, 0.4) is 0 Å². The van der Waals surface area contributed by atoms with E-state index in [9.17, 15) is 0 Å². The molecule has 9 aromatic rings. The summed E-state index contributed by atoms with van der Waals surface area (Å²) in [5.41, 5.74) is 11.6. The molecule has 240 valence electrons. The fraction of sp³-hybridized carbons (Fsp3) is 0.0227. The Balaban J connectivity index is 1.13. The van der Waals surface area contributed by atoms with Crippen LogP contribution in [0.5, 0.6) is 0 Å². The maximum absolute atomic E-state index is 5.15. The summed E-state index contributed by atoms with van der Waals surface area (Å²) in [6.07, 6.45) is 7.15. The number of pyridine rings is 4. The molecule has 5 aromatic heterocycles. The van der Waals surface area contributed by atoms with Gasteiger partial charge in [0.05, 0.1) is 16.7 Å². The molecule has 0 radical (unpaired) electrons. The molecule has 0 saturated carbocycles. The number of aromatic nitrogens is 7. The van der Waals surface area contributed by atoms with Crippen molar-refractivity contribution < 1.29 is 0 Å². The molecular weight excluding hydrogens is 627 g/mol. The Labute approximate surface area is 294 Å². The van der Waals surface area contributed by atoms with Crippen LogP contribution in [0, 0.1) is 6.92 Å². The number of fused-ring (bicyclic) bond motifs is 3. The molecule has 0 atom stereocenters. The minimum Gasteiger partial charge on any atom is -0.264 e. The molecule has 51 heavy (non-hydrogen) atoms. The molecule has 0 spiro atoms. The van der Waals surface area contributed by atoms with E-state index < -0.39 is 0 Å². The fourth-order valence-electron chi connectivity index (χ4n) is 6.39. The average Bonchev–Trinajstić information content (AvgIpc) is 3.21. The van der Waals surface area contributed by atoms with Gasteiger partial charge in [0.15, 0.2) is 17.5 Å². The van der Waals surface area contributed by atoms with E-state index in [0.717, 1.165) is 77.7 Å². The zero-order chi connectivity index (χ0) is 34.1. The third-order valence-corrected chi connectivity index (χ3v) is 8.97. The van der Waals surface area contributed by atoms with Gasteiger partial charge in [0.1, 0.15) is 0 Å². The molecule has 7 heteroatoms. The van der Waals surface area contributed by atoms with Gasteiger partial charge in [-0.25, -0.2) is 19.9 Å². The predicted molar refractivity (Wildman–Crippen MR) is 203 cm³/mol. The van der Waals surface area contributed by atoms with E-state index in [-0.39, 0.29) is 0 Å². The summed E-state index contributed by atoms with van der Waals surface area (Å²) in [5.74, 6) is 1.80. The first-order chi connectivity index (χ1) is 25.2. The molecule has 0 fully saturated rings. The average molecular weight is 656 g/mol. The lowest BCUT2D eigenvalue weighted by Crippen LogP contribution is -2.00. The van der Waals surface area contributed by atoms with Gasteiger partial charge in [-0.2, -0.15) is 0 Å². The summed E-state index contributed by atoms with van der Waals surface area (Å²) in [7, 11) is 0. The molecular formula is C44H29N7. The number of hydrogen-bond donors (Lipinski definition) is 0. The quantitative estimate of drug-likeness (QED) is 0.165. The first-order valence-corrected chi connectivity index (χ1v) is 16.7. The van der Waals surface area contributed by atoms with Gasteiger partial charge < -0.3 is 0 Å². The Kier molecular flexibility index (Phi) is 7.55. The zero-order valence-corrected chi connectivity index (χ0v) is 27.6. The van der Waals surface area contributed by atoms with Gasteiger partial charge in [-0.15, -0.1) is 0 Å². The number of aryl methyl sites for hydroxylation is 1. The van der Waals surface area contributed by atoms with Crippen molar-refractivity contribution in [3.63, 3.8) is 0 Å². The Hall–Kier alpha value is -6.99. The summed E-state index contributed by atoms with van der Waals surface area (Å²) in [5, 5.41) is 2.11. The summed E-state index contributed by atoms with van der Waals surface area (Å²) in [4.78, 5) is 33.3. The zero-order valence-electron chi connectivity index (χ0n) is 27.6. The van der Waals surface area contributed by atoms with Gasteiger partial charge in [-0.05, 0) is 71.6 Å². The van der Waals surface area contributed by atoms with Gasteiger partial charge in [0.2, 0.25) is 0 Å². The van der Waals surface area contributed by atoms with E-state index in [1.807, 2.05) is 73.8 Å². The highest BCUT2D eigenvalue weighted by molar-refractivity contribution is 6.09. The van der Waals surface area contributed by atoms with Gasteiger partial charge in [-0.3, -0.25) is 15.0 Å². The van der Waals surface area contributed by atoms with E-state index in [0.29, 0.717) is 17.5 Å². The van der Waals surface area contributed by atoms with Crippen LogP contribution in [-0.4, -0.2) is 34.9 Å². The summed E-state index contributed by atoms with van der Waals surface area (Å²) in [6.45, 7) is 2.02. The Morgan fingerprint density at radius 2 is 1.00 bits per heavy atom. The van der Waals surface area contributed by atoms with Gasteiger partial charge >= 0.3 is 0 Å². The Morgan fingerprint density at radius 1 is 0.392 bits per heavy atom. The van der Waals surface area contributed by atoms with Crippen molar-refractivity contribution in [2.45, 2.75) is 6.92 Å². The lowest BCUT2D eigenvalue weighted by Gasteiger charge is -2.13. The summed E-state index contributed by atoms with van der Waals surface area (Å²) < 4.78 is 0. The molecule has 0 N–H and O–H groups in total. The van der Waals surface area contributed by atoms with Gasteiger partial charge in [0.25, 0.3) is 0 Å². The highest BCUT2D eigenvalue weighted by Crippen LogP contribution is 2.37. The van der Waals surface area contributed by atoms with Crippen molar-refractivity contribution in [1.82, 2.24) is 34.9 Å². The van der Waals surface area contributed by atoms with Crippen molar-refractivity contribution in [3.8, 4) is 67.7 Å². The van der Waals surface area contributed by atoms with Crippen LogP contribution in [-0.2, 0) is 0 Å².